The molecule has 3 nitrogen and oxygen atoms in total. The van der Waals surface area contributed by atoms with Crippen LogP contribution in [0.15, 0.2) is 36.4 Å². The minimum atomic E-state index is -4.61. The summed E-state index contributed by atoms with van der Waals surface area (Å²) in [7, 11) is 0. The molecule has 2 rings (SSSR count). The van der Waals surface area contributed by atoms with Gasteiger partial charge in [0.25, 0.3) is 0 Å². The number of aromatic nitrogens is 1. The summed E-state index contributed by atoms with van der Waals surface area (Å²) >= 11 is 0. The largest absolute Gasteiger partial charge is 0.478 e. The van der Waals surface area contributed by atoms with Crippen LogP contribution in [0.5, 0.6) is 0 Å². The van der Waals surface area contributed by atoms with Crippen molar-refractivity contribution in [2.75, 3.05) is 0 Å². The number of nitrogens with zero attached hydrogens (tertiary/aromatic N) is 1. The number of hydrogen-bond acceptors (Lipinski definition) is 2. The van der Waals surface area contributed by atoms with Crippen LogP contribution in [0.2, 0.25) is 0 Å². The SMILES string of the molecule is O=C(O)c1ccc(-c2ccccc2C(F)(F)F)nc1F. The molecule has 0 atom stereocenters. The van der Waals surface area contributed by atoms with Gasteiger partial charge in [-0.15, -0.1) is 0 Å². The highest BCUT2D eigenvalue weighted by Gasteiger charge is 2.33. The van der Waals surface area contributed by atoms with Crippen LogP contribution in [0, 0.1) is 5.95 Å². The molecule has 0 amide bonds. The van der Waals surface area contributed by atoms with Gasteiger partial charge in [0.2, 0.25) is 5.95 Å². The Kier molecular flexibility index (Phi) is 3.44. The van der Waals surface area contributed by atoms with E-state index < -0.39 is 29.2 Å². The van der Waals surface area contributed by atoms with Crippen LogP contribution >= 0.6 is 0 Å². The quantitative estimate of drug-likeness (QED) is 0.677. The van der Waals surface area contributed by atoms with Gasteiger partial charge in [-0.1, -0.05) is 18.2 Å². The third-order valence-electron chi connectivity index (χ3n) is 2.59. The summed E-state index contributed by atoms with van der Waals surface area (Å²) in [5, 5.41) is 8.65. The maximum Gasteiger partial charge on any atom is 0.417 e. The molecule has 0 radical (unpaired) electrons. The predicted molar refractivity (Wildman–Crippen MR) is 61.6 cm³/mol. The third kappa shape index (κ3) is 2.61. The van der Waals surface area contributed by atoms with Crippen molar-refractivity contribution in [3.8, 4) is 11.3 Å². The predicted octanol–water partition coefficient (Wildman–Crippen LogP) is 3.60. The van der Waals surface area contributed by atoms with E-state index in [-0.39, 0.29) is 11.3 Å². The molecule has 0 fully saturated rings. The Bertz CT molecular complexity index is 668. The lowest BCUT2D eigenvalue weighted by Crippen LogP contribution is -2.08. The normalized spacial score (nSPS) is 11.4. The minimum absolute atomic E-state index is 0.277. The minimum Gasteiger partial charge on any atom is -0.478 e. The third-order valence-corrected chi connectivity index (χ3v) is 2.59. The van der Waals surface area contributed by atoms with E-state index in [9.17, 15) is 22.4 Å². The van der Waals surface area contributed by atoms with Gasteiger partial charge in [-0.25, -0.2) is 9.78 Å². The number of carbonyl (C=O) groups is 1. The van der Waals surface area contributed by atoms with E-state index in [1.807, 2.05) is 0 Å². The zero-order valence-electron chi connectivity index (χ0n) is 9.78. The lowest BCUT2D eigenvalue weighted by atomic mass is 10.0. The van der Waals surface area contributed by atoms with Gasteiger partial charge in [0.1, 0.15) is 5.56 Å². The van der Waals surface area contributed by atoms with E-state index in [1.165, 1.54) is 12.1 Å². The van der Waals surface area contributed by atoms with Gasteiger partial charge in [0.05, 0.1) is 11.3 Å². The molecular weight excluding hydrogens is 278 g/mol. The van der Waals surface area contributed by atoms with Crippen LogP contribution in [0.1, 0.15) is 15.9 Å². The second-order valence-electron chi connectivity index (χ2n) is 3.88. The van der Waals surface area contributed by atoms with Crippen molar-refractivity contribution >= 4 is 5.97 Å². The molecule has 0 saturated carbocycles. The summed E-state index contributed by atoms with van der Waals surface area (Å²) in [5.41, 5.74) is -2.25. The van der Waals surface area contributed by atoms with E-state index in [0.29, 0.717) is 0 Å². The fraction of sp³-hybridized carbons (Fsp3) is 0.0769. The fourth-order valence-corrected chi connectivity index (χ4v) is 1.70. The molecule has 2 aromatic rings. The number of halogens is 4. The highest BCUT2D eigenvalue weighted by Crippen LogP contribution is 2.36. The summed E-state index contributed by atoms with van der Waals surface area (Å²) in [6.45, 7) is 0. The topological polar surface area (TPSA) is 50.2 Å². The molecule has 0 aliphatic rings. The molecular formula is C13H7F4NO2. The van der Waals surface area contributed by atoms with Crippen LogP contribution in [0.25, 0.3) is 11.3 Å². The van der Waals surface area contributed by atoms with Gasteiger partial charge in [0.15, 0.2) is 0 Å². The molecule has 1 heterocycles. The van der Waals surface area contributed by atoms with Crippen molar-refractivity contribution in [2.24, 2.45) is 0 Å². The molecule has 1 aromatic carbocycles. The van der Waals surface area contributed by atoms with Crippen molar-refractivity contribution in [1.29, 1.82) is 0 Å². The van der Waals surface area contributed by atoms with Gasteiger partial charge in [-0.3, -0.25) is 0 Å². The zero-order chi connectivity index (χ0) is 14.9. The van der Waals surface area contributed by atoms with Gasteiger partial charge in [-0.05, 0) is 18.2 Å². The van der Waals surface area contributed by atoms with E-state index in [2.05, 4.69) is 4.98 Å². The Morgan fingerprint density at radius 3 is 2.30 bits per heavy atom. The average Bonchev–Trinajstić information content (AvgIpc) is 2.37. The average molecular weight is 285 g/mol. The zero-order valence-corrected chi connectivity index (χ0v) is 9.78. The molecule has 1 N–H and O–H groups in total. The van der Waals surface area contributed by atoms with Crippen molar-refractivity contribution < 1.29 is 27.5 Å². The molecule has 0 aliphatic carbocycles. The van der Waals surface area contributed by atoms with E-state index >= 15 is 0 Å². The number of benzene rings is 1. The first-order valence-corrected chi connectivity index (χ1v) is 5.37. The number of hydrogen-bond donors (Lipinski definition) is 1. The lowest BCUT2D eigenvalue weighted by Gasteiger charge is -2.12. The Balaban J connectivity index is 2.59. The molecule has 0 spiro atoms. The molecule has 1 aromatic heterocycles. The highest BCUT2D eigenvalue weighted by molar-refractivity contribution is 5.88. The molecule has 20 heavy (non-hydrogen) atoms. The second kappa shape index (κ2) is 4.92. The second-order valence-corrected chi connectivity index (χ2v) is 3.88. The Labute approximate surface area is 110 Å². The van der Waals surface area contributed by atoms with Crippen molar-refractivity contribution in [3.05, 3.63) is 53.5 Å². The van der Waals surface area contributed by atoms with E-state index in [0.717, 1.165) is 24.3 Å². The van der Waals surface area contributed by atoms with Crippen LogP contribution in [0.3, 0.4) is 0 Å². The van der Waals surface area contributed by atoms with E-state index in [1.54, 1.807) is 0 Å². The van der Waals surface area contributed by atoms with Crippen molar-refractivity contribution in [2.45, 2.75) is 6.18 Å². The number of carboxylic acid groups (broad SMARTS) is 1. The van der Waals surface area contributed by atoms with Gasteiger partial charge < -0.3 is 5.11 Å². The summed E-state index contributed by atoms with van der Waals surface area (Å²) < 4.78 is 51.9. The molecule has 104 valence electrons. The van der Waals surface area contributed by atoms with Gasteiger partial charge in [-0.2, -0.15) is 17.6 Å². The first-order valence-electron chi connectivity index (χ1n) is 5.37. The standard InChI is InChI=1S/C13H7F4NO2/c14-11-8(12(19)20)5-6-10(18-11)7-3-1-2-4-9(7)13(15,16)17/h1-6H,(H,19,20). The van der Waals surface area contributed by atoms with E-state index in [4.69, 9.17) is 5.11 Å². The summed E-state index contributed by atoms with van der Waals surface area (Å²) in [4.78, 5) is 13.9. The van der Waals surface area contributed by atoms with Crippen LogP contribution in [-0.4, -0.2) is 16.1 Å². The summed E-state index contributed by atoms with van der Waals surface area (Å²) in [6, 6.07) is 6.47. The molecule has 0 saturated heterocycles. The maximum absolute atomic E-state index is 13.4. The Morgan fingerprint density at radius 2 is 1.75 bits per heavy atom. The van der Waals surface area contributed by atoms with Crippen LogP contribution < -0.4 is 0 Å². The molecule has 0 unspecified atom stereocenters. The monoisotopic (exact) mass is 285 g/mol. The first-order chi connectivity index (χ1) is 9.30. The Morgan fingerprint density at radius 1 is 1.10 bits per heavy atom. The first kappa shape index (κ1) is 14.0. The van der Waals surface area contributed by atoms with Crippen LogP contribution in [-0.2, 0) is 6.18 Å². The lowest BCUT2D eigenvalue weighted by molar-refractivity contribution is -0.137. The maximum atomic E-state index is 13.4. The summed E-state index contributed by atoms with van der Waals surface area (Å²) in [5.74, 6) is -2.86. The van der Waals surface area contributed by atoms with Crippen molar-refractivity contribution in [3.63, 3.8) is 0 Å². The number of carboxylic acids is 1. The highest BCUT2D eigenvalue weighted by atomic mass is 19.4. The van der Waals surface area contributed by atoms with Gasteiger partial charge >= 0.3 is 12.1 Å². The number of aromatic carboxylic acids is 1. The van der Waals surface area contributed by atoms with Crippen LogP contribution in [0.4, 0.5) is 17.6 Å². The number of rotatable bonds is 2. The molecule has 0 aliphatic heterocycles. The Hall–Kier alpha value is -2.44. The fourth-order valence-electron chi connectivity index (χ4n) is 1.70. The molecule has 7 heteroatoms. The molecule has 0 bridgehead atoms. The summed E-state index contributed by atoms with van der Waals surface area (Å²) in [6.07, 6.45) is -4.61. The van der Waals surface area contributed by atoms with Gasteiger partial charge in [0, 0.05) is 5.56 Å². The number of alkyl halides is 3. The number of pyridine rings is 1. The van der Waals surface area contributed by atoms with Crippen molar-refractivity contribution in [1.82, 2.24) is 4.98 Å². The smallest absolute Gasteiger partial charge is 0.417 e.